The van der Waals surface area contributed by atoms with Gasteiger partial charge in [-0.25, -0.2) is 9.78 Å². The predicted octanol–water partition coefficient (Wildman–Crippen LogP) is 5.43. The number of ether oxygens (including phenoxy) is 4. The highest BCUT2D eigenvalue weighted by molar-refractivity contribution is 5.97. The van der Waals surface area contributed by atoms with Gasteiger partial charge < -0.3 is 33.6 Å². The maximum absolute atomic E-state index is 13.7. The van der Waals surface area contributed by atoms with Crippen molar-refractivity contribution in [2.24, 2.45) is 5.92 Å². The van der Waals surface area contributed by atoms with Crippen LogP contribution in [0, 0.1) is 5.92 Å². The van der Waals surface area contributed by atoms with Crippen LogP contribution in [0.2, 0.25) is 0 Å². The molecular formula is C37H44N4O7. The van der Waals surface area contributed by atoms with E-state index in [1.165, 1.54) is 0 Å². The summed E-state index contributed by atoms with van der Waals surface area (Å²) in [6.45, 7) is 2.89. The van der Waals surface area contributed by atoms with Gasteiger partial charge in [0, 0.05) is 76.6 Å². The molecule has 2 aliphatic heterocycles. The van der Waals surface area contributed by atoms with Crippen molar-refractivity contribution < 1.29 is 33.3 Å². The molecule has 3 heterocycles. The molecule has 2 atom stereocenters. The molecule has 3 aromatic rings. The highest BCUT2D eigenvalue weighted by atomic mass is 16.6. The Morgan fingerprint density at radius 1 is 0.812 bits per heavy atom. The average molecular weight is 657 g/mol. The number of para-hydroxylation sites is 1. The van der Waals surface area contributed by atoms with Gasteiger partial charge in [0.05, 0.1) is 24.7 Å². The van der Waals surface area contributed by atoms with Gasteiger partial charge in [-0.1, -0.05) is 30.7 Å². The molecule has 254 valence electrons. The summed E-state index contributed by atoms with van der Waals surface area (Å²) >= 11 is 0. The number of pyridine rings is 1. The van der Waals surface area contributed by atoms with Crippen molar-refractivity contribution in [1.29, 1.82) is 0 Å². The number of aromatic nitrogens is 1. The fourth-order valence-corrected chi connectivity index (χ4v) is 6.46. The number of esters is 1. The van der Waals surface area contributed by atoms with Crippen LogP contribution in [0.3, 0.4) is 0 Å². The number of rotatable bonds is 8. The predicted molar refractivity (Wildman–Crippen MR) is 180 cm³/mol. The molecule has 2 amide bonds. The number of anilines is 1. The lowest BCUT2D eigenvalue weighted by Crippen LogP contribution is -2.45. The molecule has 1 aromatic heterocycles. The Morgan fingerprint density at radius 2 is 1.52 bits per heavy atom. The van der Waals surface area contributed by atoms with Crippen molar-refractivity contribution in [3.8, 4) is 22.8 Å². The number of benzene rings is 2. The van der Waals surface area contributed by atoms with Crippen LogP contribution in [0.1, 0.15) is 48.9 Å². The van der Waals surface area contributed by atoms with Crippen LogP contribution in [0.15, 0.2) is 66.9 Å². The molecule has 0 N–H and O–H groups in total. The number of carbonyl (C=O) groups excluding carboxylic acids is 3. The van der Waals surface area contributed by atoms with Gasteiger partial charge in [0.1, 0.15) is 18.0 Å². The largest absolute Gasteiger partial charge is 0.474 e. The first-order valence-corrected chi connectivity index (χ1v) is 16.9. The van der Waals surface area contributed by atoms with Gasteiger partial charge in [0.2, 0.25) is 5.88 Å². The molecule has 48 heavy (non-hydrogen) atoms. The van der Waals surface area contributed by atoms with E-state index in [1.54, 1.807) is 34.1 Å². The van der Waals surface area contributed by atoms with E-state index in [9.17, 15) is 14.4 Å². The van der Waals surface area contributed by atoms with E-state index in [1.807, 2.05) is 32.4 Å². The molecule has 0 bridgehead atoms. The summed E-state index contributed by atoms with van der Waals surface area (Å²) in [5, 5.41) is 0. The molecule has 6 rings (SSSR count). The lowest BCUT2D eigenvalue weighted by atomic mass is 9.86. The highest BCUT2D eigenvalue weighted by Gasteiger charge is 2.37. The normalized spacial score (nSPS) is 20.1. The maximum atomic E-state index is 13.7. The average Bonchev–Trinajstić information content (AvgIpc) is 3.13. The van der Waals surface area contributed by atoms with Crippen molar-refractivity contribution in [3.05, 3.63) is 72.4 Å². The lowest BCUT2D eigenvalue weighted by Gasteiger charge is -2.33. The number of hydrogen-bond donors (Lipinski definition) is 0. The molecule has 2 aromatic carbocycles. The second kappa shape index (κ2) is 15.5. The molecule has 0 spiro atoms. The summed E-state index contributed by atoms with van der Waals surface area (Å²) in [6, 6.07) is 19.0. The zero-order valence-electron chi connectivity index (χ0n) is 27.7. The van der Waals surface area contributed by atoms with Crippen LogP contribution in [0.25, 0.3) is 11.1 Å². The number of morpholine rings is 1. The van der Waals surface area contributed by atoms with Gasteiger partial charge in [-0.2, -0.15) is 0 Å². The number of piperidine rings is 1. The number of nitrogens with zero attached hydrogens (tertiary/aromatic N) is 4. The fraction of sp³-hybridized carbons (Fsp3) is 0.459. The van der Waals surface area contributed by atoms with E-state index in [0.717, 1.165) is 29.7 Å². The highest BCUT2D eigenvalue weighted by Crippen LogP contribution is 2.31. The summed E-state index contributed by atoms with van der Waals surface area (Å²) in [5.41, 5.74) is 3.57. The molecule has 3 aliphatic rings. The Kier molecular flexibility index (Phi) is 10.7. The Hall–Kier alpha value is -4.64. The van der Waals surface area contributed by atoms with Crippen molar-refractivity contribution >= 4 is 23.7 Å². The maximum Gasteiger partial charge on any atom is 0.410 e. The van der Waals surface area contributed by atoms with Gasteiger partial charge in [0.15, 0.2) is 0 Å². The second-order valence-electron chi connectivity index (χ2n) is 12.8. The van der Waals surface area contributed by atoms with Crippen LogP contribution < -0.4 is 14.4 Å². The molecule has 2 unspecified atom stereocenters. The molecule has 2 saturated heterocycles. The minimum Gasteiger partial charge on any atom is -0.474 e. The minimum absolute atomic E-state index is 0.0664. The number of amides is 2. The van der Waals surface area contributed by atoms with Crippen molar-refractivity contribution in [3.63, 3.8) is 0 Å². The van der Waals surface area contributed by atoms with Crippen LogP contribution in [-0.4, -0.2) is 98.4 Å². The molecule has 3 fully saturated rings. The van der Waals surface area contributed by atoms with Gasteiger partial charge in [-0.3, -0.25) is 9.59 Å². The summed E-state index contributed by atoms with van der Waals surface area (Å²) in [6.07, 6.45) is 4.93. The second-order valence-corrected chi connectivity index (χ2v) is 12.8. The standard InChI is InChI=1S/C37H44N4O7/c1-39(2)28-14-11-26(12-15-28)27-13-16-34(38-25-27)46-29-17-19-40(20-18-29)35(42)30-7-3-5-9-32(30)47-36(43)31-8-4-6-10-33(31)48-37(44)41-21-23-45-24-22-41/h3,5,7,9,11-16,25,29,31,33H,4,6,8,10,17-24H2,1-2H3. The molecule has 0 radical (unpaired) electrons. The quantitative estimate of drug-likeness (QED) is 0.232. The Bertz CT molecular complexity index is 1550. The van der Waals surface area contributed by atoms with E-state index >= 15 is 0 Å². The SMILES string of the molecule is CN(C)c1ccc(-c2ccc(OC3CCN(C(=O)c4ccccc4OC(=O)C4CCCCC4OC(=O)N4CCOCC4)CC3)nc2)cc1. The van der Waals surface area contributed by atoms with Crippen molar-refractivity contribution in [2.75, 3.05) is 58.4 Å². The van der Waals surface area contributed by atoms with E-state index in [4.69, 9.17) is 18.9 Å². The van der Waals surface area contributed by atoms with Gasteiger partial charge in [-0.05, 0) is 55.2 Å². The zero-order valence-corrected chi connectivity index (χ0v) is 27.7. The fourth-order valence-electron chi connectivity index (χ4n) is 6.46. The third-order valence-electron chi connectivity index (χ3n) is 9.32. The third kappa shape index (κ3) is 8.07. The van der Waals surface area contributed by atoms with Crippen molar-refractivity contribution in [2.45, 2.75) is 50.7 Å². The minimum atomic E-state index is -0.592. The van der Waals surface area contributed by atoms with E-state index < -0.39 is 24.1 Å². The summed E-state index contributed by atoms with van der Waals surface area (Å²) in [7, 11) is 4.03. The first-order valence-electron chi connectivity index (χ1n) is 16.9. The first-order chi connectivity index (χ1) is 23.4. The summed E-state index contributed by atoms with van der Waals surface area (Å²) in [5.74, 6) is -0.492. The Labute approximate surface area is 281 Å². The van der Waals surface area contributed by atoms with E-state index in [0.29, 0.717) is 76.5 Å². The molecule has 1 saturated carbocycles. The Morgan fingerprint density at radius 3 is 2.23 bits per heavy atom. The lowest BCUT2D eigenvalue weighted by molar-refractivity contribution is -0.145. The zero-order chi connectivity index (χ0) is 33.5. The number of likely N-dealkylation sites (tertiary alicyclic amines) is 1. The summed E-state index contributed by atoms with van der Waals surface area (Å²) < 4.78 is 23.2. The van der Waals surface area contributed by atoms with Crippen LogP contribution in [0.5, 0.6) is 11.6 Å². The van der Waals surface area contributed by atoms with Gasteiger partial charge >= 0.3 is 12.1 Å². The molecule has 11 nitrogen and oxygen atoms in total. The topological polar surface area (TPSA) is 111 Å². The van der Waals surface area contributed by atoms with Crippen molar-refractivity contribution in [1.82, 2.24) is 14.8 Å². The molecule has 1 aliphatic carbocycles. The molecule has 11 heteroatoms. The first kappa shape index (κ1) is 33.3. The number of carbonyl (C=O) groups is 3. The summed E-state index contributed by atoms with van der Waals surface area (Å²) in [4.78, 5) is 49.8. The van der Waals surface area contributed by atoms with Crippen LogP contribution in [-0.2, 0) is 14.3 Å². The van der Waals surface area contributed by atoms with E-state index in [2.05, 4.69) is 34.1 Å². The van der Waals surface area contributed by atoms with Gasteiger partial charge in [-0.15, -0.1) is 0 Å². The monoisotopic (exact) mass is 656 g/mol. The third-order valence-corrected chi connectivity index (χ3v) is 9.32. The van der Waals surface area contributed by atoms with E-state index in [-0.39, 0.29) is 17.8 Å². The smallest absolute Gasteiger partial charge is 0.410 e. The van der Waals surface area contributed by atoms with Crippen LogP contribution in [0.4, 0.5) is 10.5 Å². The molecular weight excluding hydrogens is 612 g/mol. The van der Waals surface area contributed by atoms with Crippen LogP contribution >= 0.6 is 0 Å². The Balaban J connectivity index is 1.02. The van der Waals surface area contributed by atoms with Gasteiger partial charge in [0.25, 0.3) is 5.91 Å². The number of hydrogen-bond acceptors (Lipinski definition) is 9.